The van der Waals surface area contributed by atoms with Crippen molar-refractivity contribution in [2.24, 2.45) is 5.73 Å². The van der Waals surface area contributed by atoms with Gasteiger partial charge in [0.05, 0.1) is 5.56 Å². The summed E-state index contributed by atoms with van der Waals surface area (Å²) in [7, 11) is 0. The van der Waals surface area contributed by atoms with Crippen LogP contribution in [0.1, 0.15) is 5.56 Å². The van der Waals surface area contributed by atoms with Crippen molar-refractivity contribution in [1.29, 1.82) is 5.41 Å². The van der Waals surface area contributed by atoms with E-state index in [0.717, 1.165) is 9.86 Å². The Labute approximate surface area is 99.5 Å². The van der Waals surface area contributed by atoms with Crippen molar-refractivity contribution in [3.05, 3.63) is 39.9 Å². The van der Waals surface area contributed by atoms with Crippen molar-refractivity contribution < 1.29 is 4.42 Å². The average Bonchev–Trinajstić information content (AvgIpc) is 2.17. The van der Waals surface area contributed by atoms with Crippen molar-refractivity contribution in [2.75, 3.05) is 0 Å². The molecule has 0 spiro atoms. The molecule has 76 valence electrons. The van der Waals surface area contributed by atoms with E-state index in [1.54, 1.807) is 12.1 Å². The fraction of sp³-hybridized carbons (Fsp3) is 0. The van der Waals surface area contributed by atoms with Gasteiger partial charge in [0.1, 0.15) is 10.6 Å². The van der Waals surface area contributed by atoms with Crippen molar-refractivity contribution in [2.45, 2.75) is 0 Å². The molecule has 0 saturated heterocycles. The number of halogens is 1. The third kappa shape index (κ3) is 1.93. The number of rotatable bonds is 1. The zero-order chi connectivity index (χ0) is 11.0. The lowest BCUT2D eigenvalue weighted by Gasteiger charge is -2.01. The second-order valence-corrected chi connectivity index (χ2v) is 4.39. The van der Waals surface area contributed by atoms with Gasteiger partial charge in [-0.25, -0.2) is 0 Å². The number of nitrogens with one attached hydrogen (secondary N) is 1. The fourth-order valence-electron chi connectivity index (χ4n) is 1.29. The van der Waals surface area contributed by atoms with Crippen LogP contribution in [0.5, 0.6) is 0 Å². The van der Waals surface area contributed by atoms with Crippen LogP contribution >= 0.6 is 28.1 Å². The highest BCUT2D eigenvalue weighted by Gasteiger charge is 2.05. The number of hydrogen-bond donors (Lipinski definition) is 2. The summed E-state index contributed by atoms with van der Waals surface area (Å²) < 4.78 is 6.23. The molecule has 0 amide bonds. The van der Waals surface area contributed by atoms with E-state index in [0.29, 0.717) is 11.1 Å². The number of nitrogens with two attached hydrogens (primary N) is 1. The van der Waals surface area contributed by atoms with Crippen LogP contribution in [-0.2, 0) is 0 Å². The predicted molar refractivity (Wildman–Crippen MR) is 65.7 cm³/mol. The zero-order valence-corrected chi connectivity index (χ0v) is 9.98. The molecule has 1 aromatic carbocycles. The zero-order valence-electron chi connectivity index (χ0n) is 7.58. The minimum absolute atomic E-state index is 0.00248. The smallest absolute Gasteiger partial charge is 0.222 e. The fourth-order valence-corrected chi connectivity index (χ4v) is 1.82. The molecule has 0 saturated carbocycles. The van der Waals surface area contributed by atoms with Crippen LogP contribution in [0.3, 0.4) is 0 Å². The number of hydrogen-bond acceptors (Lipinski definition) is 3. The summed E-state index contributed by atoms with van der Waals surface area (Å²) in [6, 6.07) is 7.29. The Kier molecular flexibility index (Phi) is 2.58. The highest BCUT2D eigenvalue weighted by Crippen LogP contribution is 2.19. The Bertz CT molecular complexity index is 606. The van der Waals surface area contributed by atoms with Crippen molar-refractivity contribution in [3.8, 4) is 0 Å². The number of benzene rings is 1. The highest BCUT2D eigenvalue weighted by atomic mass is 79.9. The summed E-state index contributed by atoms with van der Waals surface area (Å²) in [6.07, 6.45) is 0. The average molecular weight is 283 g/mol. The van der Waals surface area contributed by atoms with Crippen LogP contribution in [-0.4, -0.2) is 4.99 Å². The number of fused-ring (bicyclic) bond motifs is 1. The van der Waals surface area contributed by atoms with E-state index in [1.165, 1.54) is 0 Å². The van der Waals surface area contributed by atoms with Gasteiger partial charge in [-0.2, -0.15) is 0 Å². The third-order valence-corrected chi connectivity index (χ3v) is 2.71. The van der Waals surface area contributed by atoms with E-state index in [2.05, 4.69) is 15.9 Å². The van der Waals surface area contributed by atoms with Gasteiger partial charge in [0.15, 0.2) is 0 Å². The molecule has 1 heterocycles. The summed E-state index contributed by atoms with van der Waals surface area (Å²) in [5.74, 6) is 0. The summed E-state index contributed by atoms with van der Waals surface area (Å²) in [5.41, 5.74) is 6.58. The van der Waals surface area contributed by atoms with Crippen LogP contribution in [0, 0.1) is 5.41 Å². The maximum absolute atomic E-state index is 7.59. The van der Waals surface area contributed by atoms with E-state index in [9.17, 15) is 0 Å². The molecule has 3 nitrogen and oxygen atoms in total. The first-order valence-corrected chi connectivity index (χ1v) is 5.36. The molecule has 0 aliphatic heterocycles. The van der Waals surface area contributed by atoms with E-state index in [4.69, 9.17) is 27.8 Å². The van der Waals surface area contributed by atoms with Crippen LogP contribution in [0.4, 0.5) is 0 Å². The summed E-state index contributed by atoms with van der Waals surface area (Å²) in [5, 5.41) is 8.46. The lowest BCUT2D eigenvalue weighted by atomic mass is 10.2. The van der Waals surface area contributed by atoms with Crippen LogP contribution < -0.4 is 11.3 Å². The molecule has 2 rings (SSSR count). The lowest BCUT2D eigenvalue weighted by Crippen LogP contribution is -2.19. The Balaban J connectivity index is 2.83. The van der Waals surface area contributed by atoms with E-state index in [1.807, 2.05) is 12.1 Å². The molecule has 0 fully saturated rings. The Morgan fingerprint density at radius 3 is 2.80 bits per heavy atom. The quantitative estimate of drug-likeness (QED) is 0.789. The first kappa shape index (κ1) is 10.3. The topological polar surface area (TPSA) is 63.0 Å². The van der Waals surface area contributed by atoms with Gasteiger partial charge in [-0.3, -0.25) is 5.41 Å². The van der Waals surface area contributed by atoms with Crippen molar-refractivity contribution in [3.63, 3.8) is 0 Å². The van der Waals surface area contributed by atoms with E-state index >= 15 is 0 Å². The third-order valence-electron chi connectivity index (χ3n) is 1.99. The summed E-state index contributed by atoms with van der Waals surface area (Å²) in [4.78, 5) is 0.172. The van der Waals surface area contributed by atoms with Gasteiger partial charge in [0.25, 0.3) is 0 Å². The monoisotopic (exact) mass is 282 g/mol. The van der Waals surface area contributed by atoms with Gasteiger partial charge in [0.2, 0.25) is 5.55 Å². The molecule has 15 heavy (non-hydrogen) atoms. The Morgan fingerprint density at radius 1 is 1.40 bits per heavy atom. The SMILES string of the molecule is N=c1oc2ccc(Br)cc2cc1C(N)=S. The normalized spacial score (nSPS) is 10.5. The van der Waals surface area contributed by atoms with Crippen LogP contribution in [0.2, 0.25) is 0 Å². The van der Waals surface area contributed by atoms with Crippen molar-refractivity contribution in [1.82, 2.24) is 0 Å². The number of thiocarbonyl (C=S) groups is 1. The largest absolute Gasteiger partial charge is 0.438 e. The van der Waals surface area contributed by atoms with Gasteiger partial charge >= 0.3 is 0 Å². The first-order chi connectivity index (χ1) is 7.08. The molecule has 5 heteroatoms. The summed E-state index contributed by atoms with van der Waals surface area (Å²) >= 11 is 8.19. The van der Waals surface area contributed by atoms with Crippen LogP contribution in [0.15, 0.2) is 33.2 Å². The summed E-state index contributed by atoms with van der Waals surface area (Å²) in [6.45, 7) is 0. The van der Waals surface area contributed by atoms with Gasteiger partial charge < -0.3 is 10.2 Å². The molecule has 0 bridgehead atoms. The van der Waals surface area contributed by atoms with Gasteiger partial charge in [-0.1, -0.05) is 28.1 Å². The lowest BCUT2D eigenvalue weighted by molar-refractivity contribution is 0.531. The molecular weight excluding hydrogens is 276 g/mol. The molecule has 2 aromatic rings. The Morgan fingerprint density at radius 2 is 2.13 bits per heavy atom. The highest BCUT2D eigenvalue weighted by molar-refractivity contribution is 9.10. The molecule has 0 atom stereocenters. The van der Waals surface area contributed by atoms with Gasteiger partial charge in [-0.05, 0) is 24.3 Å². The molecule has 0 radical (unpaired) electrons. The van der Waals surface area contributed by atoms with E-state index < -0.39 is 0 Å². The molecular formula is C10H7BrN2OS. The standard InChI is InChI=1S/C10H7BrN2OS/c11-6-1-2-8-5(3-6)4-7(10(13)15)9(12)14-8/h1-4,12H,(H2,13,15). The molecule has 0 aliphatic carbocycles. The second kappa shape index (κ2) is 3.75. The molecule has 1 aromatic heterocycles. The predicted octanol–water partition coefficient (Wildman–Crippen LogP) is 2.31. The minimum atomic E-state index is -0.00248. The molecule has 0 aliphatic rings. The molecule has 0 unspecified atom stereocenters. The minimum Gasteiger partial charge on any atom is -0.438 e. The maximum atomic E-state index is 7.59. The van der Waals surface area contributed by atoms with E-state index in [-0.39, 0.29) is 10.5 Å². The van der Waals surface area contributed by atoms with Crippen LogP contribution in [0.25, 0.3) is 11.0 Å². The van der Waals surface area contributed by atoms with Crippen molar-refractivity contribution >= 4 is 44.1 Å². The van der Waals surface area contributed by atoms with Gasteiger partial charge in [-0.15, -0.1) is 0 Å². The second-order valence-electron chi connectivity index (χ2n) is 3.04. The maximum Gasteiger partial charge on any atom is 0.222 e. The first-order valence-electron chi connectivity index (χ1n) is 4.16. The molecule has 3 N–H and O–H groups in total. The Hall–Kier alpha value is -1.20. The van der Waals surface area contributed by atoms with Gasteiger partial charge in [0, 0.05) is 9.86 Å².